The highest BCUT2D eigenvalue weighted by Gasteiger charge is 1.85. The van der Waals surface area contributed by atoms with Gasteiger partial charge in [-0.05, 0) is 18.2 Å². The number of nitrogens with zero attached hydrogens (tertiary/aromatic N) is 1. The number of hydrogen-bond acceptors (Lipinski definition) is 2. The van der Waals surface area contributed by atoms with Crippen molar-refractivity contribution >= 4 is 6.21 Å². The third-order valence-electron chi connectivity index (χ3n) is 0.773. The molecule has 0 aromatic carbocycles. The van der Waals surface area contributed by atoms with Gasteiger partial charge < -0.3 is 5.73 Å². The molecule has 0 rings (SSSR count). The van der Waals surface area contributed by atoms with Crippen molar-refractivity contribution in [2.24, 2.45) is 16.6 Å². The van der Waals surface area contributed by atoms with Gasteiger partial charge in [0.2, 0.25) is 0 Å². The van der Waals surface area contributed by atoms with Crippen LogP contribution in [0.4, 0.5) is 0 Å². The summed E-state index contributed by atoms with van der Waals surface area (Å²) in [6.45, 7) is 5.14. The van der Waals surface area contributed by atoms with Gasteiger partial charge in [0.25, 0.3) is 0 Å². The van der Waals surface area contributed by atoms with E-state index in [1.807, 2.05) is 0 Å². The van der Waals surface area contributed by atoms with Crippen molar-refractivity contribution in [1.29, 1.82) is 0 Å². The Hall–Kier alpha value is -0.790. The van der Waals surface area contributed by atoms with E-state index in [-0.39, 0.29) is 0 Å². The van der Waals surface area contributed by atoms with Gasteiger partial charge in [-0.2, -0.15) is 0 Å². The van der Waals surface area contributed by atoms with Crippen molar-refractivity contribution in [1.82, 2.24) is 0 Å². The fourth-order valence-corrected chi connectivity index (χ4v) is 0.382. The van der Waals surface area contributed by atoms with Crippen LogP contribution >= 0.6 is 0 Å². The third kappa shape index (κ3) is 7.21. The fraction of sp³-hybridized carbons (Fsp3) is 0.571. The van der Waals surface area contributed by atoms with Gasteiger partial charge in [0.1, 0.15) is 0 Å². The molecule has 0 saturated carbocycles. The first kappa shape index (κ1) is 8.21. The first-order valence-electron chi connectivity index (χ1n) is 3.14. The number of rotatable bonds is 3. The van der Waals surface area contributed by atoms with Crippen LogP contribution in [0.3, 0.4) is 0 Å². The van der Waals surface area contributed by atoms with E-state index in [0.717, 1.165) is 6.54 Å². The second-order valence-corrected chi connectivity index (χ2v) is 2.29. The summed E-state index contributed by atoms with van der Waals surface area (Å²) in [5.41, 5.74) is 5.07. The summed E-state index contributed by atoms with van der Waals surface area (Å²) in [4.78, 5) is 4.07. The predicted molar refractivity (Wildman–Crippen MR) is 41.5 cm³/mol. The lowest BCUT2D eigenvalue weighted by molar-refractivity contribution is 0.667. The average Bonchev–Trinajstić information content (AvgIpc) is 1.80. The highest BCUT2D eigenvalue weighted by atomic mass is 14.7. The van der Waals surface area contributed by atoms with Gasteiger partial charge in [-0.15, -0.1) is 0 Å². The maximum atomic E-state index is 5.07. The van der Waals surface area contributed by atoms with Crippen LogP contribution in [0.15, 0.2) is 17.3 Å². The lowest BCUT2D eigenvalue weighted by atomic mass is 10.2. The molecule has 2 N–H and O–H groups in total. The van der Waals surface area contributed by atoms with Crippen LogP contribution in [0.1, 0.15) is 13.8 Å². The maximum Gasteiger partial charge on any atom is 0.0412 e. The summed E-state index contributed by atoms with van der Waals surface area (Å²) < 4.78 is 0. The summed E-state index contributed by atoms with van der Waals surface area (Å²) >= 11 is 0. The summed E-state index contributed by atoms with van der Waals surface area (Å²) in [6.07, 6.45) is 4.92. The van der Waals surface area contributed by atoms with E-state index < -0.39 is 0 Å². The van der Waals surface area contributed by atoms with Gasteiger partial charge in [0, 0.05) is 12.8 Å². The van der Waals surface area contributed by atoms with Gasteiger partial charge >= 0.3 is 0 Å². The van der Waals surface area contributed by atoms with Gasteiger partial charge in [0.15, 0.2) is 0 Å². The van der Waals surface area contributed by atoms with E-state index >= 15 is 0 Å². The van der Waals surface area contributed by atoms with E-state index in [0.29, 0.717) is 5.92 Å². The maximum absolute atomic E-state index is 5.07. The number of nitrogens with two attached hydrogens (primary N) is 1. The van der Waals surface area contributed by atoms with E-state index in [1.165, 1.54) is 6.20 Å². The zero-order chi connectivity index (χ0) is 7.11. The zero-order valence-corrected chi connectivity index (χ0v) is 6.04. The molecule has 0 fully saturated rings. The predicted octanol–water partition coefficient (Wildman–Crippen LogP) is 1.19. The monoisotopic (exact) mass is 126 g/mol. The molecular formula is C7H14N2. The fourth-order valence-electron chi connectivity index (χ4n) is 0.382. The molecule has 0 aliphatic rings. The Kier molecular flexibility index (Phi) is 4.88. The molecule has 0 heterocycles. The van der Waals surface area contributed by atoms with Gasteiger partial charge in [-0.1, -0.05) is 13.8 Å². The summed E-state index contributed by atoms with van der Waals surface area (Å²) in [7, 11) is 0. The zero-order valence-electron chi connectivity index (χ0n) is 6.04. The molecular weight excluding hydrogens is 112 g/mol. The molecule has 0 aliphatic heterocycles. The lowest BCUT2D eigenvalue weighted by Crippen LogP contribution is -1.91. The minimum absolute atomic E-state index is 0.632. The van der Waals surface area contributed by atoms with Crippen LogP contribution in [0.25, 0.3) is 0 Å². The molecule has 0 saturated heterocycles. The lowest BCUT2D eigenvalue weighted by Gasteiger charge is -1.94. The van der Waals surface area contributed by atoms with Crippen molar-refractivity contribution in [3.05, 3.63) is 12.3 Å². The van der Waals surface area contributed by atoms with Crippen LogP contribution in [-0.4, -0.2) is 12.8 Å². The van der Waals surface area contributed by atoms with Crippen molar-refractivity contribution < 1.29 is 0 Å². The Morgan fingerprint density at radius 1 is 1.56 bits per heavy atom. The number of aliphatic imine (C=N–C) groups is 1. The topological polar surface area (TPSA) is 38.4 Å². The summed E-state index contributed by atoms with van der Waals surface area (Å²) in [5, 5.41) is 0. The summed E-state index contributed by atoms with van der Waals surface area (Å²) in [5.74, 6) is 0.632. The molecule has 0 aromatic rings. The molecule has 0 aliphatic carbocycles. The summed E-state index contributed by atoms with van der Waals surface area (Å²) in [6, 6.07) is 0. The van der Waals surface area contributed by atoms with Gasteiger partial charge in [0.05, 0.1) is 0 Å². The Bertz CT molecular complexity index is 103. The minimum Gasteiger partial charge on any atom is -0.405 e. The van der Waals surface area contributed by atoms with Crippen molar-refractivity contribution in [3.63, 3.8) is 0 Å². The van der Waals surface area contributed by atoms with Crippen LogP contribution < -0.4 is 5.73 Å². The van der Waals surface area contributed by atoms with Crippen LogP contribution in [-0.2, 0) is 0 Å². The van der Waals surface area contributed by atoms with Crippen LogP contribution in [0.2, 0.25) is 0 Å². The van der Waals surface area contributed by atoms with Crippen molar-refractivity contribution in [3.8, 4) is 0 Å². The molecule has 0 bridgehead atoms. The largest absolute Gasteiger partial charge is 0.405 e. The molecule has 0 aromatic heterocycles. The van der Waals surface area contributed by atoms with Gasteiger partial charge in [-0.25, -0.2) is 0 Å². The molecule has 52 valence electrons. The number of hydrogen-bond donors (Lipinski definition) is 1. The Labute approximate surface area is 56.5 Å². The van der Waals surface area contributed by atoms with E-state index in [4.69, 9.17) is 5.73 Å². The molecule has 0 amide bonds. The molecule has 0 radical (unpaired) electrons. The molecule has 0 unspecified atom stereocenters. The SMILES string of the molecule is CC(C)CN=CC=CN. The molecule has 9 heavy (non-hydrogen) atoms. The van der Waals surface area contributed by atoms with Crippen LogP contribution in [0.5, 0.6) is 0 Å². The quantitative estimate of drug-likeness (QED) is 0.567. The minimum atomic E-state index is 0.632. The van der Waals surface area contributed by atoms with Crippen LogP contribution in [0, 0.1) is 5.92 Å². The molecule has 2 nitrogen and oxygen atoms in total. The standard InChI is InChI=1S/C7H14N2/c1-7(2)6-9-5-3-4-8/h3-5,7H,6,8H2,1-2H3. The first-order valence-corrected chi connectivity index (χ1v) is 3.14. The molecule has 2 heteroatoms. The Morgan fingerprint density at radius 2 is 2.22 bits per heavy atom. The second-order valence-electron chi connectivity index (χ2n) is 2.29. The van der Waals surface area contributed by atoms with Crippen molar-refractivity contribution in [2.45, 2.75) is 13.8 Å². The van der Waals surface area contributed by atoms with E-state index in [2.05, 4.69) is 18.8 Å². The molecule has 0 spiro atoms. The smallest absolute Gasteiger partial charge is 0.0412 e. The number of allylic oxidation sites excluding steroid dienone is 1. The third-order valence-corrected chi connectivity index (χ3v) is 0.773. The second kappa shape index (κ2) is 5.35. The van der Waals surface area contributed by atoms with Gasteiger partial charge in [-0.3, -0.25) is 4.99 Å². The molecule has 0 atom stereocenters. The first-order chi connectivity index (χ1) is 4.27. The Morgan fingerprint density at radius 3 is 2.67 bits per heavy atom. The van der Waals surface area contributed by atoms with Crippen molar-refractivity contribution in [2.75, 3.05) is 6.54 Å². The highest BCUT2D eigenvalue weighted by molar-refractivity contribution is 5.70. The highest BCUT2D eigenvalue weighted by Crippen LogP contribution is 1.89. The van der Waals surface area contributed by atoms with E-state index in [1.54, 1.807) is 12.3 Å². The Balaban J connectivity index is 3.25. The van der Waals surface area contributed by atoms with E-state index in [9.17, 15) is 0 Å². The normalized spacial score (nSPS) is 12.3. The average molecular weight is 126 g/mol.